The van der Waals surface area contributed by atoms with Gasteiger partial charge >= 0.3 is 0 Å². The number of fused-ring (bicyclic) bond motifs is 1. The number of furan rings is 1. The van der Waals surface area contributed by atoms with Gasteiger partial charge in [0, 0.05) is 30.1 Å². The zero-order valence-corrected chi connectivity index (χ0v) is 15.4. The van der Waals surface area contributed by atoms with E-state index in [1.165, 1.54) is 0 Å². The van der Waals surface area contributed by atoms with Gasteiger partial charge in [0.05, 0.1) is 18.9 Å². The fourth-order valence-corrected chi connectivity index (χ4v) is 3.88. The number of rotatable bonds is 5. The van der Waals surface area contributed by atoms with Crippen LogP contribution in [0.15, 0.2) is 28.9 Å². The van der Waals surface area contributed by atoms with E-state index in [1.807, 2.05) is 30.0 Å². The van der Waals surface area contributed by atoms with Crippen LogP contribution in [0.4, 0.5) is 0 Å². The summed E-state index contributed by atoms with van der Waals surface area (Å²) in [6.07, 6.45) is 5.84. The molecule has 1 aliphatic heterocycles. The van der Waals surface area contributed by atoms with E-state index in [9.17, 15) is 13.2 Å². The highest BCUT2D eigenvalue weighted by atomic mass is 32.2. The van der Waals surface area contributed by atoms with Crippen LogP contribution in [0.5, 0.6) is 0 Å². The van der Waals surface area contributed by atoms with E-state index in [1.54, 1.807) is 6.26 Å². The van der Waals surface area contributed by atoms with Crippen molar-refractivity contribution in [2.24, 2.45) is 0 Å². The summed E-state index contributed by atoms with van der Waals surface area (Å²) < 4.78 is 30.8. The van der Waals surface area contributed by atoms with E-state index < -0.39 is 10.0 Å². The second kappa shape index (κ2) is 7.17. The van der Waals surface area contributed by atoms with Gasteiger partial charge in [-0.15, -0.1) is 0 Å². The minimum atomic E-state index is -3.26. The third-order valence-electron chi connectivity index (χ3n) is 4.68. The lowest BCUT2D eigenvalue weighted by molar-refractivity contribution is -0.133. The number of aryl methyl sites for hydroxylation is 1. The molecule has 1 saturated heterocycles. The average molecular weight is 364 g/mol. The Balaban J connectivity index is 1.73. The number of carbonyl (C=O) groups excluding carboxylic acids is 1. The van der Waals surface area contributed by atoms with Crippen LogP contribution in [0.2, 0.25) is 0 Å². The third kappa shape index (κ3) is 4.41. The molecule has 0 saturated carbocycles. The van der Waals surface area contributed by atoms with Crippen LogP contribution >= 0.6 is 0 Å². The minimum absolute atomic E-state index is 0.0169. The van der Waals surface area contributed by atoms with E-state index in [0.717, 1.165) is 47.6 Å². The van der Waals surface area contributed by atoms with Crippen molar-refractivity contribution < 1.29 is 17.6 Å². The Hall–Kier alpha value is -1.86. The van der Waals surface area contributed by atoms with Crippen molar-refractivity contribution in [1.29, 1.82) is 0 Å². The molecule has 6 nitrogen and oxygen atoms in total. The quantitative estimate of drug-likeness (QED) is 0.882. The van der Waals surface area contributed by atoms with Crippen molar-refractivity contribution in [2.45, 2.75) is 38.6 Å². The fraction of sp³-hybridized carbons (Fsp3) is 0.500. The molecule has 0 aliphatic carbocycles. The molecule has 0 spiro atoms. The van der Waals surface area contributed by atoms with E-state index in [-0.39, 0.29) is 24.9 Å². The van der Waals surface area contributed by atoms with Crippen LogP contribution < -0.4 is 4.72 Å². The van der Waals surface area contributed by atoms with Gasteiger partial charge in [0.2, 0.25) is 15.9 Å². The molecule has 25 heavy (non-hydrogen) atoms. The first kappa shape index (κ1) is 17.9. The van der Waals surface area contributed by atoms with Gasteiger partial charge in [0.1, 0.15) is 5.58 Å². The first-order valence-electron chi connectivity index (χ1n) is 8.54. The van der Waals surface area contributed by atoms with E-state index >= 15 is 0 Å². The predicted octanol–water partition coefficient (Wildman–Crippen LogP) is 2.21. The van der Waals surface area contributed by atoms with Crippen LogP contribution in [0.1, 0.15) is 30.4 Å². The summed E-state index contributed by atoms with van der Waals surface area (Å²) in [5.41, 5.74) is 2.78. The number of piperidine rings is 1. The molecule has 0 radical (unpaired) electrons. The molecule has 136 valence electrons. The van der Waals surface area contributed by atoms with Crippen molar-refractivity contribution in [2.75, 3.05) is 19.3 Å². The van der Waals surface area contributed by atoms with Gasteiger partial charge in [-0.3, -0.25) is 4.79 Å². The maximum atomic E-state index is 12.8. The van der Waals surface area contributed by atoms with Gasteiger partial charge in [-0.25, -0.2) is 13.1 Å². The summed E-state index contributed by atoms with van der Waals surface area (Å²) in [7, 11) is -3.26. The lowest BCUT2D eigenvalue weighted by Crippen LogP contribution is -2.49. The standard InChI is InChI=1S/C18H24N2O4S/c1-13-6-7-16-14(12-24-17(16)9-13)10-18(21)20-8-4-3-5-15(20)11-19-25(2,22)23/h6-7,9,12,15,19H,3-5,8,10-11H2,1-2H3. The Bertz CT molecular complexity index is 872. The number of hydrogen-bond acceptors (Lipinski definition) is 4. The predicted molar refractivity (Wildman–Crippen MR) is 96.9 cm³/mol. The van der Waals surface area contributed by atoms with Crippen LogP contribution in [-0.4, -0.2) is 44.6 Å². The topological polar surface area (TPSA) is 79.6 Å². The van der Waals surface area contributed by atoms with Crippen LogP contribution in [0, 0.1) is 6.92 Å². The van der Waals surface area contributed by atoms with E-state index in [2.05, 4.69) is 4.72 Å². The first-order valence-corrected chi connectivity index (χ1v) is 10.4. The number of carbonyl (C=O) groups is 1. The molecular weight excluding hydrogens is 340 g/mol. The molecule has 0 bridgehead atoms. The first-order chi connectivity index (χ1) is 11.8. The second-order valence-corrected chi connectivity index (χ2v) is 8.63. The number of sulfonamides is 1. The molecule has 1 aromatic heterocycles. The second-order valence-electron chi connectivity index (χ2n) is 6.79. The molecule has 1 fully saturated rings. The molecule has 1 aromatic carbocycles. The Morgan fingerprint density at radius 2 is 2.16 bits per heavy atom. The maximum absolute atomic E-state index is 12.8. The third-order valence-corrected chi connectivity index (χ3v) is 5.37. The summed E-state index contributed by atoms with van der Waals surface area (Å²) in [6, 6.07) is 5.86. The number of nitrogens with one attached hydrogen (secondary N) is 1. The Morgan fingerprint density at radius 3 is 2.92 bits per heavy atom. The van der Waals surface area contributed by atoms with Crippen LogP contribution in [0.25, 0.3) is 11.0 Å². The van der Waals surface area contributed by atoms with E-state index in [4.69, 9.17) is 4.42 Å². The van der Waals surface area contributed by atoms with Crippen LogP contribution in [-0.2, 0) is 21.2 Å². The van der Waals surface area contributed by atoms with E-state index in [0.29, 0.717) is 6.54 Å². The fourth-order valence-electron chi connectivity index (χ4n) is 3.38. The number of benzene rings is 1. The molecule has 1 N–H and O–H groups in total. The Kier molecular flexibility index (Phi) is 5.15. The molecule has 1 atom stereocenters. The highest BCUT2D eigenvalue weighted by Gasteiger charge is 2.27. The SMILES string of the molecule is Cc1ccc2c(CC(=O)N3CCCCC3CNS(C)(=O)=O)coc2c1. The maximum Gasteiger partial charge on any atom is 0.227 e. The molecule has 2 heterocycles. The normalized spacial score (nSPS) is 18.6. The number of hydrogen-bond donors (Lipinski definition) is 1. The van der Waals surface area contributed by atoms with Crippen molar-refractivity contribution in [3.8, 4) is 0 Å². The van der Waals surface area contributed by atoms with Gasteiger partial charge in [-0.05, 0) is 37.8 Å². The summed E-state index contributed by atoms with van der Waals surface area (Å²) in [5, 5.41) is 0.960. The molecule has 1 amide bonds. The lowest BCUT2D eigenvalue weighted by Gasteiger charge is -2.35. The average Bonchev–Trinajstić information content (AvgIpc) is 2.94. The smallest absolute Gasteiger partial charge is 0.227 e. The molecule has 1 unspecified atom stereocenters. The van der Waals surface area contributed by atoms with Gasteiger partial charge in [-0.2, -0.15) is 0 Å². The summed E-state index contributed by atoms with van der Waals surface area (Å²) in [4.78, 5) is 14.6. The lowest BCUT2D eigenvalue weighted by atomic mass is 10.0. The number of amides is 1. The Morgan fingerprint density at radius 1 is 1.36 bits per heavy atom. The molecule has 2 aromatic rings. The minimum Gasteiger partial charge on any atom is -0.464 e. The highest BCUT2D eigenvalue weighted by molar-refractivity contribution is 7.88. The highest BCUT2D eigenvalue weighted by Crippen LogP contribution is 2.24. The molecule has 1 aliphatic rings. The zero-order valence-electron chi connectivity index (χ0n) is 14.6. The number of likely N-dealkylation sites (tertiary alicyclic amines) is 1. The molecule has 3 rings (SSSR count). The summed E-state index contributed by atoms with van der Waals surface area (Å²) >= 11 is 0. The van der Waals surface area contributed by atoms with Crippen molar-refractivity contribution in [3.05, 3.63) is 35.6 Å². The Labute approximate surface area is 148 Å². The van der Waals surface area contributed by atoms with Crippen molar-refractivity contribution in [3.63, 3.8) is 0 Å². The number of nitrogens with zero attached hydrogens (tertiary/aromatic N) is 1. The molecular formula is C18H24N2O4S. The van der Waals surface area contributed by atoms with Crippen molar-refractivity contribution >= 4 is 26.9 Å². The van der Waals surface area contributed by atoms with Crippen LogP contribution in [0.3, 0.4) is 0 Å². The van der Waals surface area contributed by atoms with Gasteiger partial charge in [-0.1, -0.05) is 12.1 Å². The van der Waals surface area contributed by atoms with Gasteiger partial charge < -0.3 is 9.32 Å². The summed E-state index contributed by atoms with van der Waals surface area (Å²) in [6.45, 7) is 2.94. The zero-order chi connectivity index (χ0) is 18.0. The van der Waals surface area contributed by atoms with Gasteiger partial charge in [0.15, 0.2) is 0 Å². The largest absolute Gasteiger partial charge is 0.464 e. The summed E-state index contributed by atoms with van der Waals surface area (Å²) in [5.74, 6) is 0.0169. The van der Waals surface area contributed by atoms with Crippen molar-refractivity contribution in [1.82, 2.24) is 9.62 Å². The molecule has 7 heteroatoms. The monoisotopic (exact) mass is 364 g/mol. The van der Waals surface area contributed by atoms with Gasteiger partial charge in [0.25, 0.3) is 0 Å².